The highest BCUT2D eigenvalue weighted by atomic mass is 16.2. The van der Waals surface area contributed by atoms with Gasteiger partial charge in [0.2, 0.25) is 0 Å². The first-order valence-corrected chi connectivity index (χ1v) is 7.38. The summed E-state index contributed by atoms with van der Waals surface area (Å²) in [5, 5.41) is 0. The maximum atomic E-state index is 12.6. The Bertz CT molecular complexity index is 464. The number of hydrogen-bond acceptors (Lipinski definition) is 2. The summed E-state index contributed by atoms with van der Waals surface area (Å²) in [6, 6.07) is 4.73. The van der Waals surface area contributed by atoms with Gasteiger partial charge >= 0.3 is 0 Å². The van der Waals surface area contributed by atoms with Crippen LogP contribution in [0.25, 0.3) is 0 Å². The van der Waals surface area contributed by atoms with Crippen LogP contribution in [0.15, 0.2) is 18.3 Å². The third-order valence-corrected chi connectivity index (χ3v) is 4.72. The number of nitrogens with zero attached hydrogens (tertiary/aromatic N) is 2. The number of amides is 1. The Hall–Kier alpha value is -1.29. The average molecular weight is 261 g/mol. The standard InChI is InChI=1S/C15H23N3O/c1-11-10-17(9-7-13(11)16)15(19)14-6-3-8-18(14)12-4-2-5-12/h3,6,8,11-13H,2,4-5,7,9-10,16H2,1H3. The highest BCUT2D eigenvalue weighted by Gasteiger charge is 2.30. The zero-order valence-electron chi connectivity index (χ0n) is 11.6. The molecule has 2 unspecified atom stereocenters. The van der Waals surface area contributed by atoms with Gasteiger partial charge in [-0.2, -0.15) is 0 Å². The minimum Gasteiger partial charge on any atom is -0.340 e. The average Bonchev–Trinajstić information content (AvgIpc) is 2.78. The van der Waals surface area contributed by atoms with Gasteiger partial charge in [-0.25, -0.2) is 0 Å². The first-order chi connectivity index (χ1) is 9.16. The molecule has 1 aromatic heterocycles. The van der Waals surface area contributed by atoms with E-state index in [1.807, 2.05) is 17.0 Å². The number of carbonyl (C=O) groups is 1. The highest BCUT2D eigenvalue weighted by Crippen LogP contribution is 2.33. The molecule has 104 valence electrons. The molecular weight excluding hydrogens is 238 g/mol. The van der Waals surface area contributed by atoms with E-state index in [0.29, 0.717) is 12.0 Å². The molecule has 1 saturated carbocycles. The first-order valence-electron chi connectivity index (χ1n) is 7.38. The van der Waals surface area contributed by atoms with Crippen LogP contribution in [-0.4, -0.2) is 34.5 Å². The molecule has 1 aromatic rings. The summed E-state index contributed by atoms with van der Waals surface area (Å²) < 4.78 is 2.17. The normalized spacial score (nSPS) is 28.2. The van der Waals surface area contributed by atoms with Crippen LogP contribution < -0.4 is 5.73 Å². The van der Waals surface area contributed by atoms with E-state index >= 15 is 0 Å². The summed E-state index contributed by atoms with van der Waals surface area (Å²) in [5.74, 6) is 0.570. The third-order valence-electron chi connectivity index (χ3n) is 4.72. The lowest BCUT2D eigenvalue weighted by Crippen LogP contribution is -2.48. The van der Waals surface area contributed by atoms with Crippen molar-refractivity contribution in [3.05, 3.63) is 24.0 Å². The molecule has 1 aliphatic carbocycles. The molecule has 4 nitrogen and oxygen atoms in total. The molecule has 0 spiro atoms. The second-order valence-electron chi connectivity index (χ2n) is 6.07. The van der Waals surface area contributed by atoms with Crippen molar-refractivity contribution in [2.24, 2.45) is 11.7 Å². The number of rotatable bonds is 2. The SMILES string of the molecule is CC1CN(C(=O)c2cccn2C2CCC2)CCC1N. The zero-order chi connectivity index (χ0) is 13.4. The monoisotopic (exact) mass is 261 g/mol. The smallest absolute Gasteiger partial charge is 0.270 e. The minimum atomic E-state index is 0.177. The predicted octanol–water partition coefficient (Wildman–Crippen LogP) is 2.02. The van der Waals surface area contributed by atoms with Crippen molar-refractivity contribution in [2.45, 2.75) is 44.7 Å². The van der Waals surface area contributed by atoms with Crippen molar-refractivity contribution < 1.29 is 4.79 Å². The molecule has 0 radical (unpaired) electrons. The van der Waals surface area contributed by atoms with Crippen molar-refractivity contribution in [3.63, 3.8) is 0 Å². The van der Waals surface area contributed by atoms with Crippen molar-refractivity contribution in [3.8, 4) is 0 Å². The van der Waals surface area contributed by atoms with Crippen LogP contribution in [0.2, 0.25) is 0 Å². The maximum absolute atomic E-state index is 12.6. The lowest BCUT2D eigenvalue weighted by atomic mass is 9.92. The quantitative estimate of drug-likeness (QED) is 0.885. The Kier molecular flexibility index (Phi) is 3.35. The fraction of sp³-hybridized carbons (Fsp3) is 0.667. The molecule has 1 saturated heterocycles. The molecule has 4 heteroatoms. The van der Waals surface area contributed by atoms with Gasteiger partial charge in [0.1, 0.15) is 5.69 Å². The molecule has 3 rings (SSSR count). The maximum Gasteiger partial charge on any atom is 0.270 e. The molecule has 2 fully saturated rings. The Balaban J connectivity index is 1.75. The molecule has 2 aliphatic rings. The number of carbonyl (C=O) groups excluding carboxylic acids is 1. The van der Waals surface area contributed by atoms with Crippen LogP contribution in [0.4, 0.5) is 0 Å². The van der Waals surface area contributed by atoms with Gasteiger partial charge in [0, 0.05) is 31.4 Å². The fourth-order valence-electron chi connectivity index (χ4n) is 3.07. The molecule has 2 atom stereocenters. The van der Waals surface area contributed by atoms with E-state index in [1.165, 1.54) is 19.3 Å². The van der Waals surface area contributed by atoms with Crippen LogP contribution in [0.1, 0.15) is 49.1 Å². The van der Waals surface area contributed by atoms with Crippen LogP contribution in [-0.2, 0) is 0 Å². The van der Waals surface area contributed by atoms with Gasteiger partial charge in [-0.15, -0.1) is 0 Å². The minimum absolute atomic E-state index is 0.177. The Morgan fingerprint density at radius 1 is 1.37 bits per heavy atom. The molecule has 2 heterocycles. The van der Waals surface area contributed by atoms with Crippen molar-refractivity contribution >= 4 is 5.91 Å². The number of hydrogen-bond donors (Lipinski definition) is 1. The molecular formula is C15H23N3O. The van der Waals surface area contributed by atoms with Gasteiger partial charge in [-0.1, -0.05) is 6.92 Å². The van der Waals surface area contributed by atoms with Crippen LogP contribution in [0.3, 0.4) is 0 Å². The fourth-order valence-corrected chi connectivity index (χ4v) is 3.07. The first kappa shape index (κ1) is 12.7. The molecule has 0 bridgehead atoms. The summed E-state index contributed by atoms with van der Waals surface area (Å²) in [6.07, 6.45) is 6.66. The third kappa shape index (κ3) is 2.29. The zero-order valence-corrected chi connectivity index (χ0v) is 11.6. The van der Waals surface area contributed by atoms with Gasteiger partial charge in [0.25, 0.3) is 5.91 Å². The number of nitrogens with two attached hydrogens (primary N) is 1. The van der Waals surface area contributed by atoms with E-state index in [2.05, 4.69) is 17.7 Å². The predicted molar refractivity (Wildman–Crippen MR) is 75.0 cm³/mol. The second-order valence-corrected chi connectivity index (χ2v) is 6.07. The molecule has 0 aromatic carbocycles. The van der Waals surface area contributed by atoms with Gasteiger partial charge in [0.05, 0.1) is 0 Å². The van der Waals surface area contributed by atoms with Crippen molar-refractivity contribution in [1.29, 1.82) is 0 Å². The van der Waals surface area contributed by atoms with Crippen LogP contribution in [0, 0.1) is 5.92 Å². The van der Waals surface area contributed by atoms with Gasteiger partial charge in [0.15, 0.2) is 0 Å². The summed E-state index contributed by atoms with van der Waals surface area (Å²) in [4.78, 5) is 14.6. The number of piperidine rings is 1. The second kappa shape index (κ2) is 5.00. The molecule has 1 amide bonds. The largest absolute Gasteiger partial charge is 0.340 e. The van der Waals surface area contributed by atoms with E-state index in [1.54, 1.807) is 0 Å². The van der Waals surface area contributed by atoms with E-state index < -0.39 is 0 Å². The van der Waals surface area contributed by atoms with E-state index in [0.717, 1.165) is 25.2 Å². The number of aromatic nitrogens is 1. The topological polar surface area (TPSA) is 51.3 Å². The van der Waals surface area contributed by atoms with E-state index in [-0.39, 0.29) is 11.9 Å². The Labute approximate surface area is 114 Å². The van der Waals surface area contributed by atoms with Gasteiger partial charge < -0.3 is 15.2 Å². The van der Waals surface area contributed by atoms with Gasteiger partial charge in [-0.05, 0) is 43.7 Å². The van der Waals surface area contributed by atoms with Crippen LogP contribution >= 0.6 is 0 Å². The molecule has 2 N–H and O–H groups in total. The van der Waals surface area contributed by atoms with E-state index in [9.17, 15) is 4.79 Å². The van der Waals surface area contributed by atoms with E-state index in [4.69, 9.17) is 5.73 Å². The summed E-state index contributed by atoms with van der Waals surface area (Å²) >= 11 is 0. The summed E-state index contributed by atoms with van der Waals surface area (Å²) in [7, 11) is 0. The molecule has 19 heavy (non-hydrogen) atoms. The van der Waals surface area contributed by atoms with Gasteiger partial charge in [-0.3, -0.25) is 4.79 Å². The number of likely N-dealkylation sites (tertiary alicyclic amines) is 1. The Morgan fingerprint density at radius 2 is 2.16 bits per heavy atom. The van der Waals surface area contributed by atoms with Crippen LogP contribution in [0.5, 0.6) is 0 Å². The van der Waals surface area contributed by atoms with Crippen molar-refractivity contribution in [1.82, 2.24) is 9.47 Å². The lowest BCUT2D eigenvalue weighted by molar-refractivity contribution is 0.0647. The summed E-state index contributed by atoms with van der Waals surface area (Å²) in [6.45, 7) is 3.71. The lowest BCUT2D eigenvalue weighted by Gasteiger charge is -2.36. The Morgan fingerprint density at radius 3 is 2.79 bits per heavy atom. The van der Waals surface area contributed by atoms with Crippen molar-refractivity contribution in [2.75, 3.05) is 13.1 Å². The highest BCUT2D eigenvalue weighted by molar-refractivity contribution is 5.93. The molecule has 1 aliphatic heterocycles. The summed E-state index contributed by atoms with van der Waals surface area (Å²) in [5.41, 5.74) is 6.88.